The third kappa shape index (κ3) is 3.43. The summed E-state index contributed by atoms with van der Waals surface area (Å²) in [7, 11) is 0. The highest BCUT2D eigenvalue weighted by Gasteiger charge is 2.34. The highest BCUT2D eigenvalue weighted by molar-refractivity contribution is 8.00. The van der Waals surface area contributed by atoms with Crippen molar-refractivity contribution in [3.63, 3.8) is 0 Å². The van der Waals surface area contributed by atoms with Gasteiger partial charge < -0.3 is 9.88 Å². The number of carbonyl (C=O) groups excluding carboxylic acids is 2. The Bertz CT molecular complexity index is 785. The van der Waals surface area contributed by atoms with Crippen molar-refractivity contribution >= 4 is 35.0 Å². The largest absolute Gasteiger partial charge is 0.336 e. The summed E-state index contributed by atoms with van der Waals surface area (Å²) in [6.07, 6.45) is 3.01. The van der Waals surface area contributed by atoms with Gasteiger partial charge >= 0.3 is 6.03 Å². The lowest BCUT2D eigenvalue weighted by Crippen LogP contribution is -2.39. The maximum absolute atomic E-state index is 12.5. The van der Waals surface area contributed by atoms with Crippen LogP contribution in [-0.2, 0) is 11.2 Å². The molecular weight excluding hydrogens is 358 g/mol. The maximum atomic E-state index is 12.5. The molecule has 0 aromatic carbocycles. The zero-order chi connectivity index (χ0) is 17.4. The predicted octanol–water partition coefficient (Wildman–Crippen LogP) is 2.30. The molecule has 0 radical (unpaired) electrons. The molecule has 132 valence electrons. The predicted molar refractivity (Wildman–Crippen MR) is 95.8 cm³/mol. The first-order valence-electron chi connectivity index (χ1n) is 8.35. The number of nitrogens with zero attached hydrogens (tertiary/aromatic N) is 4. The molecule has 2 aromatic rings. The van der Waals surface area contributed by atoms with Crippen molar-refractivity contribution in [2.24, 2.45) is 0 Å². The Balaban J connectivity index is 1.51. The fraction of sp³-hybridized carbons (Fsp3) is 0.500. The molecule has 1 saturated heterocycles. The molecule has 0 spiro atoms. The summed E-state index contributed by atoms with van der Waals surface area (Å²) in [4.78, 5) is 26.7. The van der Waals surface area contributed by atoms with E-state index < -0.39 is 0 Å². The minimum absolute atomic E-state index is 0.176. The molecular formula is C16H19N5O2S2. The molecule has 2 aromatic heterocycles. The van der Waals surface area contributed by atoms with E-state index in [-0.39, 0.29) is 17.2 Å². The Morgan fingerprint density at radius 2 is 2.32 bits per heavy atom. The number of rotatable bonds is 6. The minimum atomic E-state index is -0.375. The zero-order valence-corrected chi connectivity index (χ0v) is 15.5. The van der Waals surface area contributed by atoms with Crippen molar-refractivity contribution in [2.45, 2.75) is 42.6 Å². The molecule has 3 heterocycles. The number of thiophene rings is 1. The number of aromatic nitrogens is 3. The van der Waals surface area contributed by atoms with Gasteiger partial charge in [0.05, 0.1) is 5.25 Å². The Labute approximate surface area is 153 Å². The van der Waals surface area contributed by atoms with Crippen molar-refractivity contribution < 1.29 is 9.59 Å². The number of amides is 3. The normalized spacial score (nSPS) is 18.4. The molecule has 4 rings (SSSR count). The summed E-state index contributed by atoms with van der Waals surface area (Å²) in [6.45, 7) is 2.77. The number of hydrogen-bond acceptors (Lipinski definition) is 6. The Kier molecular flexibility index (Phi) is 4.51. The van der Waals surface area contributed by atoms with Crippen LogP contribution in [0.25, 0.3) is 0 Å². The van der Waals surface area contributed by atoms with Crippen molar-refractivity contribution in [1.29, 1.82) is 0 Å². The average molecular weight is 377 g/mol. The zero-order valence-electron chi connectivity index (χ0n) is 13.8. The van der Waals surface area contributed by atoms with E-state index in [0.29, 0.717) is 19.1 Å². The Morgan fingerprint density at radius 1 is 1.48 bits per heavy atom. The van der Waals surface area contributed by atoms with Gasteiger partial charge in [-0.3, -0.25) is 9.69 Å². The molecule has 3 amide bonds. The number of nitrogens with one attached hydrogen (secondary N) is 1. The summed E-state index contributed by atoms with van der Waals surface area (Å²) in [5, 5.41) is 13.8. The van der Waals surface area contributed by atoms with Gasteiger partial charge in [-0.25, -0.2) is 4.79 Å². The van der Waals surface area contributed by atoms with Gasteiger partial charge in [0, 0.05) is 30.4 Å². The number of thioether (sulfide) groups is 1. The SMILES string of the molecule is C[C@H](Sc1nnc(Cc2cccs2)n1C1CC1)C(=O)N1CCNC1=O. The van der Waals surface area contributed by atoms with Gasteiger partial charge in [0.15, 0.2) is 5.16 Å². The standard InChI is InChI=1S/C16H19N5O2S2/c1-10(14(22)20-7-6-17-15(20)23)25-16-19-18-13(21(16)11-4-5-11)9-12-3-2-8-24-12/h2-3,8,10-11H,4-7,9H2,1H3,(H,17,23)/t10-/m0/s1. The van der Waals surface area contributed by atoms with E-state index in [9.17, 15) is 9.59 Å². The highest BCUT2D eigenvalue weighted by Crippen LogP contribution is 2.40. The average Bonchev–Trinajstić information content (AvgIpc) is 2.98. The molecule has 1 aliphatic heterocycles. The van der Waals surface area contributed by atoms with Crippen LogP contribution in [0.3, 0.4) is 0 Å². The summed E-state index contributed by atoms with van der Waals surface area (Å²) in [5.74, 6) is 0.774. The van der Waals surface area contributed by atoms with Crippen LogP contribution in [0.15, 0.2) is 22.7 Å². The lowest BCUT2D eigenvalue weighted by Gasteiger charge is -2.17. The molecule has 25 heavy (non-hydrogen) atoms. The van der Waals surface area contributed by atoms with Crippen LogP contribution in [-0.4, -0.2) is 49.9 Å². The van der Waals surface area contributed by atoms with Crippen LogP contribution in [0.4, 0.5) is 4.79 Å². The number of urea groups is 1. The van der Waals surface area contributed by atoms with Gasteiger partial charge in [-0.2, -0.15) is 0 Å². The van der Waals surface area contributed by atoms with E-state index in [4.69, 9.17) is 0 Å². The van der Waals surface area contributed by atoms with Gasteiger partial charge in [-0.1, -0.05) is 17.8 Å². The first-order chi connectivity index (χ1) is 12.1. The fourth-order valence-electron chi connectivity index (χ4n) is 2.89. The Hall–Kier alpha value is -1.87. The van der Waals surface area contributed by atoms with Crippen LogP contribution in [0.2, 0.25) is 0 Å². The summed E-state index contributed by atoms with van der Waals surface area (Å²) >= 11 is 3.10. The third-order valence-corrected chi connectivity index (χ3v) is 6.23. The first kappa shape index (κ1) is 16.6. The van der Waals surface area contributed by atoms with Crippen molar-refractivity contribution in [3.8, 4) is 0 Å². The molecule has 1 N–H and O–H groups in total. The number of hydrogen-bond donors (Lipinski definition) is 1. The summed E-state index contributed by atoms with van der Waals surface area (Å²) in [6, 6.07) is 4.26. The molecule has 2 aliphatic rings. The second kappa shape index (κ2) is 6.80. The second-order valence-corrected chi connectivity index (χ2v) is 8.58. The molecule has 1 atom stereocenters. The van der Waals surface area contributed by atoms with Gasteiger partial charge in [0.25, 0.3) is 0 Å². The summed E-state index contributed by atoms with van der Waals surface area (Å²) in [5.41, 5.74) is 0. The minimum Gasteiger partial charge on any atom is -0.336 e. The molecule has 0 unspecified atom stereocenters. The lowest BCUT2D eigenvalue weighted by molar-refractivity contribution is -0.126. The van der Waals surface area contributed by atoms with Gasteiger partial charge in [-0.15, -0.1) is 21.5 Å². The first-order valence-corrected chi connectivity index (χ1v) is 10.1. The van der Waals surface area contributed by atoms with Crippen LogP contribution >= 0.6 is 23.1 Å². The van der Waals surface area contributed by atoms with Gasteiger partial charge in [0.2, 0.25) is 5.91 Å². The molecule has 0 bridgehead atoms. The fourth-order valence-corrected chi connectivity index (χ4v) is 4.59. The van der Waals surface area contributed by atoms with Crippen LogP contribution in [0, 0.1) is 0 Å². The van der Waals surface area contributed by atoms with E-state index in [2.05, 4.69) is 31.5 Å². The van der Waals surface area contributed by atoms with E-state index in [1.807, 2.05) is 13.0 Å². The monoisotopic (exact) mass is 377 g/mol. The Morgan fingerprint density at radius 3 is 2.96 bits per heavy atom. The van der Waals surface area contributed by atoms with E-state index in [1.54, 1.807) is 11.3 Å². The molecule has 1 saturated carbocycles. The quantitative estimate of drug-likeness (QED) is 0.782. The smallest absolute Gasteiger partial charge is 0.324 e. The number of carbonyl (C=O) groups is 2. The lowest BCUT2D eigenvalue weighted by atomic mass is 10.3. The third-order valence-electron chi connectivity index (χ3n) is 4.31. The summed E-state index contributed by atoms with van der Waals surface area (Å²) < 4.78 is 2.18. The van der Waals surface area contributed by atoms with E-state index in [1.165, 1.54) is 21.5 Å². The number of imide groups is 1. The molecule has 1 aliphatic carbocycles. The van der Waals surface area contributed by atoms with Crippen molar-refractivity contribution in [1.82, 2.24) is 25.0 Å². The van der Waals surface area contributed by atoms with E-state index >= 15 is 0 Å². The molecule has 2 fully saturated rings. The van der Waals surface area contributed by atoms with Crippen LogP contribution in [0.1, 0.15) is 36.5 Å². The van der Waals surface area contributed by atoms with Crippen molar-refractivity contribution in [2.75, 3.05) is 13.1 Å². The molecule has 7 nitrogen and oxygen atoms in total. The van der Waals surface area contributed by atoms with E-state index in [0.717, 1.165) is 30.2 Å². The van der Waals surface area contributed by atoms with Gasteiger partial charge in [-0.05, 0) is 31.2 Å². The topological polar surface area (TPSA) is 80.1 Å². The second-order valence-electron chi connectivity index (χ2n) is 6.24. The highest BCUT2D eigenvalue weighted by atomic mass is 32.2. The van der Waals surface area contributed by atoms with Gasteiger partial charge in [0.1, 0.15) is 5.82 Å². The van der Waals surface area contributed by atoms with Crippen molar-refractivity contribution in [3.05, 3.63) is 28.2 Å². The van der Waals surface area contributed by atoms with Crippen LogP contribution < -0.4 is 5.32 Å². The maximum Gasteiger partial charge on any atom is 0.324 e. The molecule has 9 heteroatoms. The van der Waals surface area contributed by atoms with Crippen LogP contribution in [0.5, 0.6) is 0 Å².